The Bertz CT molecular complexity index is 1180. The van der Waals surface area contributed by atoms with Crippen LogP contribution in [0.25, 0.3) is 0 Å². The highest BCUT2D eigenvalue weighted by molar-refractivity contribution is 9.10. The molecule has 0 spiro atoms. The van der Waals surface area contributed by atoms with Crippen LogP contribution in [0.2, 0.25) is 0 Å². The van der Waals surface area contributed by atoms with Crippen LogP contribution in [0.5, 0.6) is 5.75 Å². The number of hydrogen-bond acceptors (Lipinski definition) is 4. The largest absolute Gasteiger partial charge is 0.573 e. The molecule has 0 unspecified atom stereocenters. The van der Waals surface area contributed by atoms with E-state index in [0.717, 1.165) is 22.3 Å². The Morgan fingerprint density at radius 3 is 2.45 bits per heavy atom. The van der Waals surface area contributed by atoms with Crippen molar-refractivity contribution >= 4 is 21.8 Å². The molecule has 1 amide bonds. The number of H-pyrrole nitrogens is 1. The van der Waals surface area contributed by atoms with Gasteiger partial charge in [0.1, 0.15) is 11.4 Å². The normalized spacial score (nSPS) is 11.2. The lowest BCUT2D eigenvalue weighted by Crippen LogP contribution is -2.38. The van der Waals surface area contributed by atoms with Crippen molar-refractivity contribution < 1.29 is 22.7 Å². The summed E-state index contributed by atoms with van der Waals surface area (Å²) in [5, 5.41) is 2.36. The molecule has 0 radical (unpaired) electrons. The zero-order valence-electron chi connectivity index (χ0n) is 15.7. The van der Waals surface area contributed by atoms with E-state index in [4.69, 9.17) is 0 Å². The summed E-state index contributed by atoms with van der Waals surface area (Å²) in [6, 6.07) is 13.7. The van der Waals surface area contributed by atoms with Gasteiger partial charge in [0.25, 0.3) is 11.5 Å². The van der Waals surface area contributed by atoms with Crippen LogP contribution in [0, 0.1) is 0 Å². The van der Waals surface area contributed by atoms with Crippen LogP contribution in [0.3, 0.4) is 0 Å². The van der Waals surface area contributed by atoms with Crippen LogP contribution in [0.1, 0.15) is 21.6 Å². The number of benzene rings is 2. The molecule has 0 bridgehead atoms. The number of alkyl halides is 3. The molecule has 1 heterocycles. The molecule has 2 N–H and O–H groups in total. The van der Waals surface area contributed by atoms with E-state index in [1.54, 1.807) is 30.3 Å². The van der Waals surface area contributed by atoms with Gasteiger partial charge < -0.3 is 15.0 Å². The van der Waals surface area contributed by atoms with Gasteiger partial charge in [-0.25, -0.2) is 4.79 Å². The number of hydrogen-bond donors (Lipinski definition) is 2. The van der Waals surface area contributed by atoms with Crippen molar-refractivity contribution in [3.63, 3.8) is 0 Å². The Balaban J connectivity index is 1.76. The Kier molecular flexibility index (Phi) is 6.64. The van der Waals surface area contributed by atoms with Crippen molar-refractivity contribution in [1.82, 2.24) is 14.9 Å². The second-order valence-corrected chi connectivity index (χ2v) is 7.30. The first-order valence-corrected chi connectivity index (χ1v) is 9.62. The molecule has 7 nitrogen and oxygen atoms in total. The quantitative estimate of drug-likeness (QED) is 0.546. The third-order valence-corrected chi connectivity index (χ3v) is 4.64. The smallest absolute Gasteiger partial charge is 0.405 e. The van der Waals surface area contributed by atoms with E-state index >= 15 is 0 Å². The molecule has 162 valence electrons. The van der Waals surface area contributed by atoms with Crippen LogP contribution < -0.4 is 21.3 Å². The van der Waals surface area contributed by atoms with E-state index in [0.29, 0.717) is 4.47 Å². The summed E-state index contributed by atoms with van der Waals surface area (Å²) in [5.74, 6) is -1.32. The molecule has 0 saturated carbocycles. The molecule has 31 heavy (non-hydrogen) atoms. The molecule has 0 atom stereocenters. The van der Waals surface area contributed by atoms with Crippen LogP contribution in [-0.4, -0.2) is 21.8 Å². The maximum atomic E-state index is 12.6. The van der Waals surface area contributed by atoms with E-state index in [9.17, 15) is 27.6 Å². The lowest BCUT2D eigenvalue weighted by atomic mass is 10.2. The summed E-state index contributed by atoms with van der Waals surface area (Å²) < 4.78 is 43.0. The fourth-order valence-corrected chi connectivity index (χ4v) is 3.06. The number of nitrogens with one attached hydrogen (secondary N) is 2. The number of carbonyl (C=O) groups excluding carboxylic acids is 1. The number of amides is 1. The summed E-state index contributed by atoms with van der Waals surface area (Å²) >= 11 is 3.06. The average Bonchev–Trinajstić information content (AvgIpc) is 2.69. The number of carbonyl (C=O) groups is 1. The van der Waals surface area contributed by atoms with Crippen molar-refractivity contribution in [3.8, 4) is 5.75 Å². The SMILES string of the molecule is O=C(NCc1ccc(Br)cc1OC(F)(F)F)c1cc(=O)n(Cc2ccccc2)c(=O)[nH]1. The average molecular weight is 498 g/mol. The molecule has 0 aliphatic heterocycles. The molecule has 0 aliphatic rings. The molecule has 11 heteroatoms. The molecule has 1 aromatic heterocycles. The zero-order valence-corrected chi connectivity index (χ0v) is 17.3. The molecular weight excluding hydrogens is 483 g/mol. The summed E-state index contributed by atoms with van der Waals surface area (Å²) in [5.41, 5.74) is -1.02. The van der Waals surface area contributed by atoms with Gasteiger partial charge in [-0.15, -0.1) is 13.2 Å². The van der Waals surface area contributed by atoms with Gasteiger partial charge in [0.15, 0.2) is 0 Å². The van der Waals surface area contributed by atoms with Crippen molar-refractivity contribution in [2.75, 3.05) is 0 Å². The van der Waals surface area contributed by atoms with E-state index < -0.39 is 29.3 Å². The first kappa shape index (κ1) is 22.3. The Morgan fingerprint density at radius 2 is 1.81 bits per heavy atom. The van der Waals surface area contributed by atoms with Crippen molar-refractivity contribution in [1.29, 1.82) is 0 Å². The highest BCUT2D eigenvalue weighted by Gasteiger charge is 2.32. The van der Waals surface area contributed by atoms with Gasteiger partial charge in [-0.3, -0.25) is 14.2 Å². The standard InChI is InChI=1S/C20H15BrF3N3O4/c21-14-7-6-13(16(8-14)31-20(22,23)24)10-25-18(29)15-9-17(28)27(19(30)26-15)11-12-4-2-1-3-5-12/h1-9H,10-11H2,(H,25,29)(H,26,30). The molecule has 0 saturated heterocycles. The molecule has 0 fully saturated rings. The highest BCUT2D eigenvalue weighted by Crippen LogP contribution is 2.29. The second kappa shape index (κ2) is 9.21. The van der Waals surface area contributed by atoms with E-state index in [1.807, 2.05) is 0 Å². The summed E-state index contributed by atoms with van der Waals surface area (Å²) in [6.07, 6.45) is -4.91. The van der Waals surface area contributed by atoms with Crippen LogP contribution >= 0.6 is 15.9 Å². The predicted octanol–water partition coefficient (Wildman–Crippen LogP) is 3.18. The van der Waals surface area contributed by atoms with Gasteiger partial charge in [-0.1, -0.05) is 52.3 Å². The number of aromatic amines is 1. The van der Waals surface area contributed by atoms with Gasteiger partial charge in [0.2, 0.25) is 0 Å². The Labute approximate surface area is 181 Å². The third-order valence-electron chi connectivity index (χ3n) is 4.14. The van der Waals surface area contributed by atoms with E-state index in [-0.39, 0.29) is 24.3 Å². The first-order valence-electron chi connectivity index (χ1n) is 8.83. The number of aromatic nitrogens is 2. The molecule has 2 aromatic carbocycles. The van der Waals surface area contributed by atoms with Gasteiger partial charge in [0.05, 0.1) is 6.54 Å². The molecule has 3 aromatic rings. The Morgan fingerprint density at radius 1 is 1.10 bits per heavy atom. The predicted molar refractivity (Wildman–Crippen MR) is 109 cm³/mol. The number of nitrogens with zero attached hydrogens (tertiary/aromatic N) is 1. The van der Waals surface area contributed by atoms with E-state index in [2.05, 4.69) is 31.0 Å². The molecule has 3 rings (SSSR count). The third kappa shape index (κ3) is 6.07. The minimum absolute atomic E-state index is 0.0218. The maximum absolute atomic E-state index is 12.6. The van der Waals surface area contributed by atoms with E-state index in [1.165, 1.54) is 12.1 Å². The van der Waals surface area contributed by atoms with Crippen molar-refractivity contribution in [2.45, 2.75) is 19.5 Å². The zero-order chi connectivity index (χ0) is 22.6. The number of ether oxygens (including phenoxy) is 1. The summed E-state index contributed by atoms with van der Waals surface area (Å²) in [7, 11) is 0. The number of rotatable bonds is 6. The highest BCUT2D eigenvalue weighted by atomic mass is 79.9. The van der Waals surface area contributed by atoms with Crippen LogP contribution in [0.4, 0.5) is 13.2 Å². The first-order chi connectivity index (χ1) is 14.6. The minimum atomic E-state index is -4.91. The van der Waals surface area contributed by atoms with Gasteiger partial charge in [0, 0.05) is 22.6 Å². The number of halogens is 4. The van der Waals surface area contributed by atoms with Crippen molar-refractivity contribution in [2.24, 2.45) is 0 Å². The monoisotopic (exact) mass is 497 g/mol. The Hall–Kier alpha value is -3.34. The fourth-order valence-electron chi connectivity index (χ4n) is 2.72. The summed E-state index contributed by atoms with van der Waals surface area (Å²) in [6.45, 7) is -0.305. The minimum Gasteiger partial charge on any atom is -0.405 e. The lowest BCUT2D eigenvalue weighted by molar-refractivity contribution is -0.274. The molecular formula is C20H15BrF3N3O4. The van der Waals surface area contributed by atoms with Gasteiger partial charge in [-0.2, -0.15) is 0 Å². The topological polar surface area (TPSA) is 93.2 Å². The van der Waals surface area contributed by atoms with Crippen LogP contribution in [-0.2, 0) is 13.1 Å². The second-order valence-electron chi connectivity index (χ2n) is 6.38. The lowest BCUT2D eigenvalue weighted by Gasteiger charge is -2.14. The maximum Gasteiger partial charge on any atom is 0.573 e. The van der Waals surface area contributed by atoms with Gasteiger partial charge >= 0.3 is 12.1 Å². The van der Waals surface area contributed by atoms with Gasteiger partial charge in [-0.05, 0) is 17.7 Å². The molecule has 0 aliphatic carbocycles. The summed E-state index contributed by atoms with van der Waals surface area (Å²) in [4.78, 5) is 39.2. The van der Waals surface area contributed by atoms with Crippen molar-refractivity contribution in [3.05, 3.63) is 96.7 Å². The fraction of sp³-hybridized carbons (Fsp3) is 0.150. The van der Waals surface area contributed by atoms with Crippen LogP contribution in [0.15, 0.2) is 68.7 Å².